The molecule has 7 heteroatoms. The molecule has 1 aromatic carbocycles. The van der Waals surface area contributed by atoms with E-state index >= 15 is 0 Å². The number of aromatic nitrogens is 3. The maximum absolute atomic E-state index is 5.62. The molecule has 0 saturated heterocycles. The summed E-state index contributed by atoms with van der Waals surface area (Å²) in [5, 5.41) is 4.63. The number of benzene rings is 1. The standard InChI is InChI=1S/C12H12N4O2S/c1-17-7-3-4-8(10(5-7)18-2)9-6-16-12(14-9)19-11(13)15-16/h3-6H,1-2H3,(H2,13,15). The Bertz CT molecular complexity index is 703. The fraction of sp³-hybridized carbons (Fsp3) is 0.167. The normalized spacial score (nSPS) is 10.8. The predicted molar refractivity (Wildman–Crippen MR) is 73.8 cm³/mol. The Morgan fingerprint density at radius 2 is 2.11 bits per heavy atom. The zero-order valence-electron chi connectivity index (χ0n) is 10.5. The molecule has 0 atom stereocenters. The lowest BCUT2D eigenvalue weighted by molar-refractivity contribution is 0.395. The van der Waals surface area contributed by atoms with Crippen molar-refractivity contribution in [3.05, 3.63) is 24.4 Å². The number of ether oxygens (including phenoxy) is 2. The van der Waals surface area contributed by atoms with Gasteiger partial charge in [-0.25, -0.2) is 9.50 Å². The molecule has 0 bridgehead atoms. The first-order valence-electron chi connectivity index (χ1n) is 5.55. The summed E-state index contributed by atoms with van der Waals surface area (Å²) >= 11 is 1.34. The van der Waals surface area contributed by atoms with Gasteiger partial charge in [0.25, 0.3) is 0 Å². The SMILES string of the molecule is COc1ccc(-c2cn3nc(N)sc3n2)c(OC)c1. The van der Waals surface area contributed by atoms with Gasteiger partial charge in [0.05, 0.1) is 26.1 Å². The second kappa shape index (κ2) is 4.43. The molecule has 0 fully saturated rings. The molecular weight excluding hydrogens is 264 g/mol. The van der Waals surface area contributed by atoms with Crippen molar-refractivity contribution in [1.82, 2.24) is 14.6 Å². The number of anilines is 1. The van der Waals surface area contributed by atoms with Crippen molar-refractivity contribution in [3.63, 3.8) is 0 Å². The van der Waals surface area contributed by atoms with Crippen LogP contribution in [-0.2, 0) is 0 Å². The molecule has 2 heterocycles. The van der Waals surface area contributed by atoms with Crippen LogP contribution in [-0.4, -0.2) is 28.8 Å². The van der Waals surface area contributed by atoms with Crippen molar-refractivity contribution in [2.75, 3.05) is 20.0 Å². The van der Waals surface area contributed by atoms with Crippen molar-refractivity contribution in [2.45, 2.75) is 0 Å². The minimum atomic E-state index is 0.496. The van der Waals surface area contributed by atoms with Crippen LogP contribution in [0.2, 0.25) is 0 Å². The van der Waals surface area contributed by atoms with Gasteiger partial charge in [0.1, 0.15) is 11.5 Å². The fourth-order valence-corrected chi connectivity index (χ4v) is 2.50. The van der Waals surface area contributed by atoms with Crippen LogP contribution >= 0.6 is 11.3 Å². The summed E-state index contributed by atoms with van der Waals surface area (Å²) < 4.78 is 12.2. The highest BCUT2D eigenvalue weighted by molar-refractivity contribution is 7.20. The van der Waals surface area contributed by atoms with Crippen LogP contribution in [0.3, 0.4) is 0 Å². The van der Waals surface area contributed by atoms with E-state index in [4.69, 9.17) is 15.2 Å². The molecule has 3 aromatic rings. The molecule has 2 N–H and O–H groups in total. The number of rotatable bonds is 3. The van der Waals surface area contributed by atoms with Gasteiger partial charge in [-0.1, -0.05) is 11.3 Å². The van der Waals surface area contributed by atoms with Crippen LogP contribution < -0.4 is 15.2 Å². The Kier molecular flexibility index (Phi) is 2.75. The minimum Gasteiger partial charge on any atom is -0.497 e. The van der Waals surface area contributed by atoms with E-state index in [2.05, 4.69) is 10.1 Å². The van der Waals surface area contributed by atoms with Crippen LogP contribution in [0.25, 0.3) is 16.2 Å². The van der Waals surface area contributed by atoms with E-state index in [1.807, 2.05) is 24.4 Å². The topological polar surface area (TPSA) is 74.7 Å². The largest absolute Gasteiger partial charge is 0.497 e. The van der Waals surface area contributed by atoms with E-state index in [1.54, 1.807) is 18.7 Å². The molecule has 0 amide bonds. The summed E-state index contributed by atoms with van der Waals surface area (Å²) in [6.45, 7) is 0. The number of methoxy groups -OCH3 is 2. The summed E-state index contributed by atoms with van der Waals surface area (Å²) in [6, 6.07) is 5.60. The fourth-order valence-electron chi connectivity index (χ4n) is 1.86. The Labute approximate surface area is 113 Å². The number of hydrogen-bond acceptors (Lipinski definition) is 6. The van der Waals surface area contributed by atoms with E-state index in [-0.39, 0.29) is 0 Å². The molecule has 0 radical (unpaired) electrons. The molecule has 0 aliphatic carbocycles. The van der Waals surface area contributed by atoms with Crippen LogP contribution in [0.1, 0.15) is 0 Å². The summed E-state index contributed by atoms with van der Waals surface area (Å²) in [5.74, 6) is 1.45. The number of nitrogens with two attached hydrogens (primary N) is 1. The molecule has 0 aliphatic heterocycles. The lowest BCUT2D eigenvalue weighted by atomic mass is 10.1. The van der Waals surface area contributed by atoms with Gasteiger partial charge >= 0.3 is 0 Å². The first-order valence-corrected chi connectivity index (χ1v) is 6.37. The Morgan fingerprint density at radius 3 is 2.79 bits per heavy atom. The minimum absolute atomic E-state index is 0.496. The van der Waals surface area contributed by atoms with E-state index in [1.165, 1.54) is 11.3 Å². The number of fused-ring (bicyclic) bond motifs is 1. The molecule has 0 aliphatic rings. The van der Waals surface area contributed by atoms with Crippen LogP contribution in [0.5, 0.6) is 11.5 Å². The lowest BCUT2D eigenvalue weighted by Gasteiger charge is -2.08. The van der Waals surface area contributed by atoms with Crippen LogP contribution in [0, 0.1) is 0 Å². The third kappa shape index (κ3) is 1.97. The van der Waals surface area contributed by atoms with Gasteiger partial charge in [0.15, 0.2) is 0 Å². The van der Waals surface area contributed by atoms with E-state index in [0.29, 0.717) is 10.9 Å². The van der Waals surface area contributed by atoms with Gasteiger partial charge in [0.2, 0.25) is 10.1 Å². The third-order valence-corrected chi connectivity index (χ3v) is 3.50. The molecular formula is C12H12N4O2S. The Hall–Kier alpha value is -2.28. The number of imidazole rings is 1. The molecule has 98 valence electrons. The van der Waals surface area contributed by atoms with E-state index in [0.717, 1.165) is 22.0 Å². The van der Waals surface area contributed by atoms with Gasteiger partial charge in [-0.05, 0) is 12.1 Å². The van der Waals surface area contributed by atoms with Crippen molar-refractivity contribution in [3.8, 4) is 22.8 Å². The number of nitrogens with zero attached hydrogens (tertiary/aromatic N) is 3. The summed E-state index contributed by atoms with van der Waals surface area (Å²) in [7, 11) is 3.24. The highest BCUT2D eigenvalue weighted by Gasteiger charge is 2.13. The average molecular weight is 276 g/mol. The average Bonchev–Trinajstić information content (AvgIpc) is 2.94. The van der Waals surface area contributed by atoms with Crippen molar-refractivity contribution >= 4 is 21.4 Å². The first-order chi connectivity index (χ1) is 9.21. The van der Waals surface area contributed by atoms with Gasteiger partial charge in [-0.15, -0.1) is 5.10 Å². The molecule has 0 unspecified atom stereocenters. The molecule has 0 spiro atoms. The highest BCUT2D eigenvalue weighted by Crippen LogP contribution is 2.33. The maximum atomic E-state index is 5.62. The first kappa shape index (κ1) is 11.8. The van der Waals surface area contributed by atoms with E-state index < -0.39 is 0 Å². The van der Waals surface area contributed by atoms with E-state index in [9.17, 15) is 0 Å². The number of nitrogen functional groups attached to an aromatic ring is 1. The molecule has 6 nitrogen and oxygen atoms in total. The zero-order valence-corrected chi connectivity index (χ0v) is 11.3. The van der Waals surface area contributed by atoms with Gasteiger partial charge in [0, 0.05) is 11.6 Å². The summed E-state index contributed by atoms with van der Waals surface area (Å²) in [5.41, 5.74) is 7.30. The Balaban J connectivity index is 2.11. The predicted octanol–water partition coefficient (Wildman–Crippen LogP) is 2.06. The molecule has 2 aromatic heterocycles. The zero-order chi connectivity index (χ0) is 13.4. The van der Waals surface area contributed by atoms with Crippen molar-refractivity contribution < 1.29 is 9.47 Å². The monoisotopic (exact) mass is 276 g/mol. The number of hydrogen-bond donors (Lipinski definition) is 1. The van der Waals surface area contributed by atoms with Gasteiger partial charge in [-0.2, -0.15) is 0 Å². The third-order valence-electron chi connectivity index (χ3n) is 2.74. The Morgan fingerprint density at radius 1 is 1.26 bits per heavy atom. The van der Waals surface area contributed by atoms with Gasteiger partial charge < -0.3 is 15.2 Å². The molecule has 19 heavy (non-hydrogen) atoms. The van der Waals surface area contributed by atoms with Crippen LogP contribution in [0.15, 0.2) is 24.4 Å². The summed E-state index contributed by atoms with van der Waals surface area (Å²) in [6.07, 6.45) is 1.83. The summed E-state index contributed by atoms with van der Waals surface area (Å²) in [4.78, 5) is 5.24. The smallest absolute Gasteiger partial charge is 0.214 e. The quantitative estimate of drug-likeness (QED) is 0.792. The second-order valence-electron chi connectivity index (χ2n) is 3.86. The van der Waals surface area contributed by atoms with Crippen LogP contribution in [0.4, 0.5) is 5.13 Å². The molecule has 0 saturated carbocycles. The van der Waals surface area contributed by atoms with Crippen molar-refractivity contribution in [1.29, 1.82) is 0 Å². The van der Waals surface area contributed by atoms with Crippen molar-refractivity contribution in [2.24, 2.45) is 0 Å². The van der Waals surface area contributed by atoms with Gasteiger partial charge in [-0.3, -0.25) is 0 Å². The molecule has 3 rings (SSSR count). The highest BCUT2D eigenvalue weighted by atomic mass is 32.1. The maximum Gasteiger partial charge on any atom is 0.214 e. The lowest BCUT2D eigenvalue weighted by Crippen LogP contribution is -1.90. The second-order valence-corrected chi connectivity index (χ2v) is 4.85.